The third-order valence-corrected chi connectivity index (χ3v) is 1.51. The van der Waals surface area contributed by atoms with Crippen LogP contribution in [0.2, 0.25) is 0 Å². The molecule has 0 aliphatic rings. The number of benzene rings is 1. The number of hydrogen-bond acceptors (Lipinski definition) is 1. The summed E-state index contributed by atoms with van der Waals surface area (Å²) in [6, 6.07) is 16.0. The van der Waals surface area contributed by atoms with Crippen molar-refractivity contribution in [3.05, 3.63) is 66.5 Å². The van der Waals surface area contributed by atoms with E-state index in [4.69, 9.17) is 0 Å². The van der Waals surface area contributed by atoms with Gasteiger partial charge in [-0.1, -0.05) is 42.0 Å². The summed E-state index contributed by atoms with van der Waals surface area (Å²) >= 11 is 0. The zero-order chi connectivity index (χ0) is 9.36. The summed E-state index contributed by atoms with van der Waals surface area (Å²) in [6.07, 6.45) is 3.50. The van der Waals surface area contributed by atoms with E-state index in [1.807, 2.05) is 36.4 Å². The fourth-order valence-electron chi connectivity index (χ4n) is 0.847. The fourth-order valence-corrected chi connectivity index (χ4v) is 0.847. The Bertz CT molecular complexity index is 281. The van der Waals surface area contributed by atoms with E-state index in [0.29, 0.717) is 0 Å². The molecule has 0 saturated carbocycles. The lowest BCUT2D eigenvalue weighted by Gasteiger charge is -1.82. The molecule has 0 atom stereocenters. The van der Waals surface area contributed by atoms with Crippen LogP contribution in [-0.2, 0) is 0 Å². The number of pyridine rings is 1. The molecule has 2 rings (SSSR count). The molecule has 0 aliphatic heterocycles. The van der Waals surface area contributed by atoms with Gasteiger partial charge in [0, 0.05) is 12.4 Å². The van der Waals surface area contributed by atoms with Crippen LogP contribution in [0.1, 0.15) is 5.56 Å². The van der Waals surface area contributed by atoms with Gasteiger partial charge in [0.2, 0.25) is 0 Å². The minimum absolute atomic E-state index is 0. The first-order chi connectivity index (χ1) is 6.39. The minimum atomic E-state index is 0. The summed E-state index contributed by atoms with van der Waals surface area (Å²) in [5.74, 6) is 0. The maximum absolute atomic E-state index is 3.78. The Balaban J connectivity index is 0.000000227. The number of aromatic nitrogens is 1. The molecular weight excluding hydrogens is 190 g/mol. The Labute approximate surface area is 92.3 Å². The van der Waals surface area contributed by atoms with Gasteiger partial charge in [0.05, 0.1) is 0 Å². The molecule has 0 unspecified atom stereocenters. The maximum Gasteiger partial charge on any atom is 0.0267 e. The molecule has 0 saturated heterocycles. The standard InChI is InChI=1S/C7H8.C5H5N.H2S/c1-7-5-3-2-4-6-7;1-2-4-6-5-3-1;/h2-6H,1H3;1-5H;1H2. The topological polar surface area (TPSA) is 12.9 Å². The first kappa shape index (κ1) is 12.7. The molecule has 74 valence electrons. The van der Waals surface area contributed by atoms with E-state index in [1.54, 1.807) is 12.4 Å². The van der Waals surface area contributed by atoms with Crippen molar-refractivity contribution < 1.29 is 0 Å². The van der Waals surface area contributed by atoms with Crippen LogP contribution in [0.4, 0.5) is 0 Å². The summed E-state index contributed by atoms with van der Waals surface area (Å²) < 4.78 is 0. The van der Waals surface area contributed by atoms with Crippen molar-refractivity contribution in [3.8, 4) is 0 Å². The smallest absolute Gasteiger partial charge is 0.0267 e. The molecule has 1 aromatic heterocycles. The second-order valence-electron chi connectivity index (χ2n) is 2.68. The predicted molar refractivity (Wildman–Crippen MR) is 65.8 cm³/mol. The van der Waals surface area contributed by atoms with Crippen LogP contribution >= 0.6 is 13.5 Å². The maximum atomic E-state index is 3.78. The monoisotopic (exact) mass is 205 g/mol. The predicted octanol–water partition coefficient (Wildman–Crippen LogP) is 3.19. The second-order valence-corrected chi connectivity index (χ2v) is 2.68. The number of nitrogens with zero attached hydrogens (tertiary/aromatic N) is 1. The van der Waals surface area contributed by atoms with Crippen LogP contribution in [0.15, 0.2) is 60.9 Å². The van der Waals surface area contributed by atoms with E-state index < -0.39 is 0 Å². The normalized spacial score (nSPS) is 7.79. The quantitative estimate of drug-likeness (QED) is 0.643. The molecule has 1 aromatic carbocycles. The van der Waals surface area contributed by atoms with Gasteiger partial charge in [0.1, 0.15) is 0 Å². The molecule has 14 heavy (non-hydrogen) atoms. The molecule has 0 bridgehead atoms. The number of hydrogen-bond donors (Lipinski definition) is 0. The third-order valence-electron chi connectivity index (χ3n) is 1.51. The molecule has 0 amide bonds. The largest absolute Gasteiger partial charge is 0.265 e. The summed E-state index contributed by atoms with van der Waals surface area (Å²) in [6.45, 7) is 2.08. The van der Waals surface area contributed by atoms with Gasteiger partial charge < -0.3 is 0 Å². The lowest BCUT2D eigenvalue weighted by molar-refractivity contribution is 1.33. The van der Waals surface area contributed by atoms with Crippen LogP contribution in [-0.4, -0.2) is 4.98 Å². The van der Waals surface area contributed by atoms with Crippen molar-refractivity contribution >= 4 is 13.5 Å². The zero-order valence-corrected chi connectivity index (χ0v) is 9.22. The van der Waals surface area contributed by atoms with E-state index in [0.717, 1.165) is 0 Å². The molecule has 0 radical (unpaired) electrons. The van der Waals surface area contributed by atoms with Gasteiger partial charge in [-0.3, -0.25) is 4.98 Å². The molecule has 0 N–H and O–H groups in total. The summed E-state index contributed by atoms with van der Waals surface area (Å²) in [4.78, 5) is 3.78. The van der Waals surface area contributed by atoms with Crippen molar-refractivity contribution in [2.45, 2.75) is 6.92 Å². The molecule has 1 heterocycles. The van der Waals surface area contributed by atoms with Crippen molar-refractivity contribution in [3.63, 3.8) is 0 Å². The molecule has 2 aromatic rings. The van der Waals surface area contributed by atoms with Gasteiger partial charge in [-0.05, 0) is 19.1 Å². The van der Waals surface area contributed by atoms with E-state index in [9.17, 15) is 0 Å². The Hall–Kier alpha value is -1.28. The summed E-state index contributed by atoms with van der Waals surface area (Å²) in [5, 5.41) is 0. The minimum Gasteiger partial charge on any atom is -0.265 e. The van der Waals surface area contributed by atoms with Gasteiger partial charge in [-0.15, -0.1) is 0 Å². The van der Waals surface area contributed by atoms with Crippen LogP contribution in [0.25, 0.3) is 0 Å². The average Bonchev–Trinajstić information content (AvgIpc) is 2.22. The Morgan fingerprint density at radius 3 is 1.50 bits per heavy atom. The fraction of sp³-hybridized carbons (Fsp3) is 0.0833. The van der Waals surface area contributed by atoms with E-state index >= 15 is 0 Å². The molecule has 0 aliphatic carbocycles. The molecular formula is C12H15NS. The average molecular weight is 205 g/mol. The highest BCUT2D eigenvalue weighted by Crippen LogP contribution is 1.92. The highest BCUT2D eigenvalue weighted by Gasteiger charge is 1.72. The molecule has 0 spiro atoms. The molecule has 2 heteroatoms. The van der Waals surface area contributed by atoms with Gasteiger partial charge in [-0.25, -0.2) is 0 Å². The Kier molecular flexibility index (Phi) is 7.56. The van der Waals surface area contributed by atoms with Crippen molar-refractivity contribution in [2.24, 2.45) is 0 Å². The van der Waals surface area contributed by atoms with E-state index in [2.05, 4.69) is 24.0 Å². The Morgan fingerprint density at radius 1 is 0.786 bits per heavy atom. The number of aryl methyl sites for hydroxylation is 1. The van der Waals surface area contributed by atoms with E-state index in [1.165, 1.54) is 5.56 Å². The lowest BCUT2D eigenvalue weighted by atomic mass is 10.2. The summed E-state index contributed by atoms with van der Waals surface area (Å²) in [7, 11) is 0. The first-order valence-corrected chi connectivity index (χ1v) is 4.26. The molecule has 0 fully saturated rings. The van der Waals surface area contributed by atoms with Gasteiger partial charge in [0.25, 0.3) is 0 Å². The van der Waals surface area contributed by atoms with Crippen LogP contribution in [0.3, 0.4) is 0 Å². The van der Waals surface area contributed by atoms with E-state index in [-0.39, 0.29) is 13.5 Å². The zero-order valence-electron chi connectivity index (χ0n) is 8.22. The highest BCUT2D eigenvalue weighted by atomic mass is 32.1. The third kappa shape index (κ3) is 6.26. The van der Waals surface area contributed by atoms with Crippen molar-refractivity contribution in [1.82, 2.24) is 4.98 Å². The Morgan fingerprint density at radius 2 is 1.29 bits per heavy atom. The van der Waals surface area contributed by atoms with Crippen LogP contribution in [0.5, 0.6) is 0 Å². The molecule has 1 nitrogen and oxygen atoms in total. The van der Waals surface area contributed by atoms with Crippen LogP contribution < -0.4 is 0 Å². The van der Waals surface area contributed by atoms with Crippen molar-refractivity contribution in [2.75, 3.05) is 0 Å². The van der Waals surface area contributed by atoms with Crippen molar-refractivity contribution in [1.29, 1.82) is 0 Å². The van der Waals surface area contributed by atoms with Crippen LogP contribution in [0, 0.1) is 6.92 Å². The van der Waals surface area contributed by atoms with Gasteiger partial charge >= 0.3 is 0 Å². The number of rotatable bonds is 0. The lowest BCUT2D eigenvalue weighted by Crippen LogP contribution is -1.62. The highest BCUT2D eigenvalue weighted by molar-refractivity contribution is 7.59. The first-order valence-electron chi connectivity index (χ1n) is 4.26. The van der Waals surface area contributed by atoms with Gasteiger partial charge in [-0.2, -0.15) is 13.5 Å². The summed E-state index contributed by atoms with van der Waals surface area (Å²) in [5.41, 5.74) is 1.32. The second kappa shape index (κ2) is 8.32. The van der Waals surface area contributed by atoms with Gasteiger partial charge in [0.15, 0.2) is 0 Å². The SMILES string of the molecule is Cc1ccccc1.S.c1ccncc1.